The zero-order chi connectivity index (χ0) is 5.82. The fourth-order valence-corrected chi connectivity index (χ4v) is 0.577. The van der Waals surface area contributed by atoms with Crippen molar-refractivity contribution < 1.29 is 0 Å². The first-order valence-corrected chi connectivity index (χ1v) is 2.58. The molecule has 0 amide bonds. The van der Waals surface area contributed by atoms with Crippen LogP contribution in [0.4, 0.5) is 5.69 Å². The molecule has 0 saturated heterocycles. The standard InChI is InChI=1S/C7H8N/c1-8-7-5-3-2-4-6-7/h2-6H,1H3. The van der Waals surface area contributed by atoms with Crippen LogP contribution in [-0.2, 0) is 0 Å². The molecule has 1 aromatic rings. The second kappa shape index (κ2) is 2.36. The van der Waals surface area contributed by atoms with E-state index in [0.29, 0.717) is 0 Å². The van der Waals surface area contributed by atoms with Gasteiger partial charge in [0.05, 0.1) is 5.69 Å². The van der Waals surface area contributed by atoms with Crippen molar-refractivity contribution >= 4 is 5.69 Å². The average molecular weight is 106 g/mol. The normalized spacial score (nSPS) is 8.62. The van der Waals surface area contributed by atoms with Crippen molar-refractivity contribution in [1.29, 1.82) is 0 Å². The number of rotatable bonds is 1. The van der Waals surface area contributed by atoms with Gasteiger partial charge in [-0.3, -0.25) is 5.32 Å². The molecule has 0 fully saturated rings. The summed E-state index contributed by atoms with van der Waals surface area (Å²) in [4.78, 5) is 0. The topological polar surface area (TPSA) is 14.1 Å². The van der Waals surface area contributed by atoms with Crippen molar-refractivity contribution in [2.45, 2.75) is 0 Å². The highest BCUT2D eigenvalue weighted by molar-refractivity contribution is 5.33. The number of hydrogen-bond acceptors (Lipinski definition) is 0. The maximum Gasteiger partial charge on any atom is 0.0570 e. The number of para-hydroxylation sites is 1. The van der Waals surface area contributed by atoms with Crippen LogP contribution in [-0.4, -0.2) is 7.05 Å². The number of benzene rings is 1. The Bertz CT molecular complexity index is 146. The monoisotopic (exact) mass is 106 g/mol. The third-order valence-corrected chi connectivity index (χ3v) is 1.01. The molecule has 1 nitrogen and oxygen atoms in total. The Morgan fingerprint density at radius 2 is 1.75 bits per heavy atom. The summed E-state index contributed by atoms with van der Waals surface area (Å²) in [5, 5.41) is 3.97. The van der Waals surface area contributed by atoms with E-state index in [-0.39, 0.29) is 0 Å². The van der Waals surface area contributed by atoms with E-state index in [9.17, 15) is 0 Å². The fraction of sp³-hybridized carbons (Fsp3) is 0.143. The Balaban J connectivity index is 2.83. The lowest BCUT2D eigenvalue weighted by atomic mass is 10.3. The number of hydrogen-bond donors (Lipinski definition) is 0. The van der Waals surface area contributed by atoms with Gasteiger partial charge < -0.3 is 0 Å². The third-order valence-electron chi connectivity index (χ3n) is 1.01. The quantitative estimate of drug-likeness (QED) is 0.515. The molecule has 0 unspecified atom stereocenters. The molecule has 0 aromatic heterocycles. The van der Waals surface area contributed by atoms with Crippen LogP contribution in [0.5, 0.6) is 0 Å². The van der Waals surface area contributed by atoms with Gasteiger partial charge >= 0.3 is 0 Å². The van der Waals surface area contributed by atoms with Crippen molar-refractivity contribution in [3.05, 3.63) is 30.3 Å². The molecule has 0 aliphatic rings. The van der Waals surface area contributed by atoms with Crippen molar-refractivity contribution in [3.8, 4) is 0 Å². The summed E-state index contributed by atoms with van der Waals surface area (Å²) >= 11 is 0. The molecule has 0 bridgehead atoms. The Morgan fingerprint density at radius 1 is 1.12 bits per heavy atom. The highest BCUT2D eigenvalue weighted by atomic mass is 14.8. The van der Waals surface area contributed by atoms with Gasteiger partial charge in [-0.2, -0.15) is 0 Å². The lowest BCUT2D eigenvalue weighted by Gasteiger charge is -1.90. The highest BCUT2D eigenvalue weighted by Gasteiger charge is 1.80. The summed E-state index contributed by atoms with van der Waals surface area (Å²) in [5.41, 5.74) is 1.03. The van der Waals surface area contributed by atoms with Crippen LogP contribution in [0.2, 0.25) is 0 Å². The first-order chi connectivity index (χ1) is 3.93. The van der Waals surface area contributed by atoms with Crippen molar-refractivity contribution in [2.75, 3.05) is 7.05 Å². The maximum absolute atomic E-state index is 3.97. The maximum atomic E-state index is 3.97. The summed E-state index contributed by atoms with van der Waals surface area (Å²) in [6, 6.07) is 9.87. The van der Waals surface area contributed by atoms with Crippen LogP contribution in [0, 0.1) is 0 Å². The molecule has 1 heteroatoms. The molecule has 41 valence electrons. The van der Waals surface area contributed by atoms with E-state index in [0.717, 1.165) is 5.69 Å². The molecule has 0 aliphatic heterocycles. The Labute approximate surface area is 49.3 Å². The van der Waals surface area contributed by atoms with Gasteiger partial charge in [-0.25, -0.2) is 0 Å². The van der Waals surface area contributed by atoms with E-state index >= 15 is 0 Å². The average Bonchev–Trinajstić information content (AvgIpc) is 1.90. The molecular formula is C7H8N. The summed E-state index contributed by atoms with van der Waals surface area (Å²) < 4.78 is 0. The molecule has 0 N–H and O–H groups in total. The largest absolute Gasteiger partial charge is 0.289 e. The summed E-state index contributed by atoms with van der Waals surface area (Å²) in [7, 11) is 1.79. The molecule has 0 atom stereocenters. The van der Waals surface area contributed by atoms with E-state index in [4.69, 9.17) is 0 Å². The molecule has 0 spiro atoms. The minimum absolute atomic E-state index is 1.03. The highest BCUT2D eigenvalue weighted by Crippen LogP contribution is 2.01. The van der Waals surface area contributed by atoms with Crippen LogP contribution in [0.25, 0.3) is 0 Å². The summed E-state index contributed by atoms with van der Waals surface area (Å²) in [6.45, 7) is 0. The Morgan fingerprint density at radius 3 is 2.12 bits per heavy atom. The van der Waals surface area contributed by atoms with Crippen LogP contribution in [0.1, 0.15) is 0 Å². The van der Waals surface area contributed by atoms with Gasteiger partial charge in [0.2, 0.25) is 0 Å². The zero-order valence-corrected chi connectivity index (χ0v) is 4.83. The molecule has 1 radical (unpaired) electrons. The van der Waals surface area contributed by atoms with Gasteiger partial charge in [-0.15, -0.1) is 0 Å². The SMILES string of the molecule is C[N]c1ccccc1. The minimum atomic E-state index is 1.03. The predicted octanol–water partition coefficient (Wildman–Crippen LogP) is 1.55. The molecule has 1 aromatic carbocycles. The fourth-order valence-electron chi connectivity index (χ4n) is 0.577. The van der Waals surface area contributed by atoms with E-state index in [1.165, 1.54) is 0 Å². The predicted molar refractivity (Wildman–Crippen MR) is 34.2 cm³/mol. The lowest BCUT2D eigenvalue weighted by molar-refractivity contribution is 1.09. The van der Waals surface area contributed by atoms with Gasteiger partial charge in [0.25, 0.3) is 0 Å². The second-order valence-electron chi connectivity index (χ2n) is 1.56. The summed E-state index contributed by atoms with van der Waals surface area (Å²) in [6.07, 6.45) is 0. The number of nitrogens with zero attached hydrogens (tertiary/aromatic N) is 1. The van der Waals surface area contributed by atoms with Crippen LogP contribution >= 0.6 is 0 Å². The first kappa shape index (κ1) is 5.16. The van der Waals surface area contributed by atoms with Crippen LogP contribution in [0.15, 0.2) is 30.3 Å². The van der Waals surface area contributed by atoms with Crippen molar-refractivity contribution in [3.63, 3.8) is 0 Å². The van der Waals surface area contributed by atoms with Gasteiger partial charge in [0, 0.05) is 7.05 Å². The van der Waals surface area contributed by atoms with Gasteiger partial charge in [0.1, 0.15) is 0 Å². The molecule has 0 aliphatic carbocycles. The smallest absolute Gasteiger partial charge is 0.0570 e. The molecule has 0 saturated carbocycles. The van der Waals surface area contributed by atoms with E-state index in [2.05, 4.69) is 5.32 Å². The van der Waals surface area contributed by atoms with Gasteiger partial charge in [-0.05, 0) is 12.1 Å². The second-order valence-corrected chi connectivity index (χ2v) is 1.56. The van der Waals surface area contributed by atoms with E-state index < -0.39 is 0 Å². The lowest BCUT2D eigenvalue weighted by Crippen LogP contribution is -1.82. The first-order valence-electron chi connectivity index (χ1n) is 2.58. The molecule has 0 heterocycles. The van der Waals surface area contributed by atoms with Gasteiger partial charge in [0.15, 0.2) is 0 Å². The van der Waals surface area contributed by atoms with E-state index in [1.54, 1.807) is 7.05 Å². The van der Waals surface area contributed by atoms with Gasteiger partial charge in [-0.1, -0.05) is 18.2 Å². The van der Waals surface area contributed by atoms with Crippen molar-refractivity contribution in [2.24, 2.45) is 0 Å². The third kappa shape index (κ3) is 0.997. The van der Waals surface area contributed by atoms with Crippen molar-refractivity contribution in [1.82, 2.24) is 5.32 Å². The molecule has 8 heavy (non-hydrogen) atoms. The van der Waals surface area contributed by atoms with Crippen LogP contribution < -0.4 is 5.32 Å². The zero-order valence-electron chi connectivity index (χ0n) is 4.83. The van der Waals surface area contributed by atoms with E-state index in [1.807, 2.05) is 30.3 Å². The Hall–Kier alpha value is -0.980. The minimum Gasteiger partial charge on any atom is -0.289 e. The molecule has 1 rings (SSSR count). The Kier molecular flexibility index (Phi) is 1.52. The summed E-state index contributed by atoms with van der Waals surface area (Å²) in [5.74, 6) is 0. The van der Waals surface area contributed by atoms with Crippen LogP contribution in [0.3, 0.4) is 0 Å². The molecular weight excluding hydrogens is 98.1 g/mol.